The average molecular weight is 361 g/mol. The third-order valence-corrected chi connectivity index (χ3v) is 4.21. The predicted molar refractivity (Wildman–Crippen MR) is 105 cm³/mol. The fourth-order valence-corrected chi connectivity index (χ4v) is 2.46. The standard InChI is InChI=1S/C20H32N4O2/c1-14(2)13-26-18-9-7-16(8-10-18)15(3)24-20(21-4)23-12-11-22-19(25)17-5-6-17/h7-10,14-15,17H,5-6,11-13H2,1-4H3,(H,22,25)(H2,21,23,24). The maximum absolute atomic E-state index is 11.6. The van der Waals surface area contributed by atoms with Gasteiger partial charge < -0.3 is 20.7 Å². The third kappa shape index (κ3) is 6.94. The van der Waals surface area contributed by atoms with Gasteiger partial charge in [0.15, 0.2) is 5.96 Å². The van der Waals surface area contributed by atoms with E-state index >= 15 is 0 Å². The van der Waals surface area contributed by atoms with Crippen LogP contribution in [0.2, 0.25) is 0 Å². The lowest BCUT2D eigenvalue weighted by Gasteiger charge is -2.19. The molecule has 0 aliphatic heterocycles. The van der Waals surface area contributed by atoms with Gasteiger partial charge in [0.05, 0.1) is 12.6 Å². The first-order valence-electron chi connectivity index (χ1n) is 9.47. The molecule has 0 radical (unpaired) electrons. The summed E-state index contributed by atoms with van der Waals surface area (Å²) in [6, 6.07) is 8.24. The summed E-state index contributed by atoms with van der Waals surface area (Å²) >= 11 is 0. The van der Waals surface area contributed by atoms with Gasteiger partial charge in [-0.2, -0.15) is 0 Å². The molecule has 144 valence electrons. The van der Waals surface area contributed by atoms with Crippen molar-refractivity contribution in [3.8, 4) is 5.75 Å². The molecule has 1 aromatic carbocycles. The van der Waals surface area contributed by atoms with Gasteiger partial charge in [-0.1, -0.05) is 26.0 Å². The molecule has 1 atom stereocenters. The Hall–Kier alpha value is -2.24. The van der Waals surface area contributed by atoms with Crippen molar-refractivity contribution in [2.75, 3.05) is 26.7 Å². The van der Waals surface area contributed by atoms with Crippen LogP contribution in [0.4, 0.5) is 0 Å². The number of nitrogens with one attached hydrogen (secondary N) is 3. The zero-order chi connectivity index (χ0) is 18.9. The summed E-state index contributed by atoms with van der Waals surface area (Å²) in [4.78, 5) is 15.8. The van der Waals surface area contributed by atoms with E-state index in [1.807, 2.05) is 12.1 Å². The lowest BCUT2D eigenvalue weighted by Crippen LogP contribution is -2.42. The van der Waals surface area contributed by atoms with Crippen LogP contribution in [-0.2, 0) is 4.79 Å². The van der Waals surface area contributed by atoms with Gasteiger partial charge in [0, 0.05) is 26.1 Å². The Balaban J connectivity index is 1.73. The molecule has 0 bridgehead atoms. The van der Waals surface area contributed by atoms with E-state index in [9.17, 15) is 4.79 Å². The van der Waals surface area contributed by atoms with E-state index < -0.39 is 0 Å². The highest BCUT2D eigenvalue weighted by atomic mass is 16.5. The van der Waals surface area contributed by atoms with Gasteiger partial charge in [-0.15, -0.1) is 0 Å². The van der Waals surface area contributed by atoms with Crippen molar-refractivity contribution < 1.29 is 9.53 Å². The summed E-state index contributed by atoms with van der Waals surface area (Å²) in [7, 11) is 1.74. The molecule has 1 aliphatic rings. The van der Waals surface area contributed by atoms with Gasteiger partial charge in [0.2, 0.25) is 5.91 Å². The van der Waals surface area contributed by atoms with Crippen molar-refractivity contribution in [3.05, 3.63) is 29.8 Å². The van der Waals surface area contributed by atoms with E-state index in [0.717, 1.165) is 36.7 Å². The average Bonchev–Trinajstić information content (AvgIpc) is 3.47. The van der Waals surface area contributed by atoms with Gasteiger partial charge in [-0.25, -0.2) is 0 Å². The fraction of sp³-hybridized carbons (Fsp3) is 0.600. The maximum Gasteiger partial charge on any atom is 0.223 e. The van der Waals surface area contributed by atoms with Crippen LogP contribution in [0.25, 0.3) is 0 Å². The van der Waals surface area contributed by atoms with Gasteiger partial charge in [-0.3, -0.25) is 9.79 Å². The van der Waals surface area contributed by atoms with Crippen LogP contribution in [-0.4, -0.2) is 38.6 Å². The minimum Gasteiger partial charge on any atom is -0.493 e. The number of hydrogen-bond acceptors (Lipinski definition) is 3. The Morgan fingerprint density at radius 2 is 1.81 bits per heavy atom. The predicted octanol–water partition coefficient (Wildman–Crippen LogP) is 2.47. The van der Waals surface area contributed by atoms with Crippen LogP contribution in [0.3, 0.4) is 0 Å². The second-order valence-electron chi connectivity index (χ2n) is 7.20. The van der Waals surface area contributed by atoms with Crippen molar-refractivity contribution in [2.45, 2.75) is 39.7 Å². The number of carbonyl (C=O) groups is 1. The number of benzene rings is 1. The summed E-state index contributed by atoms with van der Waals surface area (Å²) in [6.07, 6.45) is 2.06. The summed E-state index contributed by atoms with van der Waals surface area (Å²) in [6.45, 7) is 8.33. The first kappa shape index (κ1) is 20.1. The number of rotatable bonds is 9. The number of carbonyl (C=O) groups excluding carboxylic acids is 1. The first-order chi connectivity index (χ1) is 12.5. The topological polar surface area (TPSA) is 74.8 Å². The summed E-state index contributed by atoms with van der Waals surface area (Å²) in [5.41, 5.74) is 1.16. The van der Waals surface area contributed by atoms with Gasteiger partial charge in [-0.05, 0) is 43.4 Å². The van der Waals surface area contributed by atoms with E-state index in [0.29, 0.717) is 19.0 Å². The molecule has 0 heterocycles. The fourth-order valence-electron chi connectivity index (χ4n) is 2.46. The lowest BCUT2D eigenvalue weighted by molar-refractivity contribution is -0.122. The summed E-state index contributed by atoms with van der Waals surface area (Å²) < 4.78 is 5.72. The Morgan fingerprint density at radius 3 is 2.38 bits per heavy atom. The highest BCUT2D eigenvalue weighted by Gasteiger charge is 2.28. The maximum atomic E-state index is 11.6. The van der Waals surface area contributed by atoms with E-state index in [1.165, 1.54) is 0 Å². The van der Waals surface area contributed by atoms with E-state index in [-0.39, 0.29) is 17.9 Å². The molecule has 1 aliphatic carbocycles. The Kier molecular flexibility index (Phi) is 7.75. The van der Waals surface area contributed by atoms with Crippen LogP contribution in [0, 0.1) is 11.8 Å². The highest BCUT2D eigenvalue weighted by Crippen LogP contribution is 2.28. The molecule has 1 fully saturated rings. The summed E-state index contributed by atoms with van der Waals surface area (Å²) in [5.74, 6) is 2.54. The molecule has 1 unspecified atom stereocenters. The molecule has 0 spiro atoms. The largest absolute Gasteiger partial charge is 0.493 e. The molecule has 1 saturated carbocycles. The van der Waals surface area contributed by atoms with E-state index in [1.54, 1.807) is 7.05 Å². The normalized spacial score (nSPS) is 15.5. The SMILES string of the molecule is CN=C(NCCNC(=O)C1CC1)NC(C)c1ccc(OCC(C)C)cc1. The van der Waals surface area contributed by atoms with Crippen LogP contribution < -0.4 is 20.7 Å². The van der Waals surface area contributed by atoms with Crippen molar-refractivity contribution >= 4 is 11.9 Å². The zero-order valence-corrected chi connectivity index (χ0v) is 16.3. The number of guanidine groups is 1. The van der Waals surface area contributed by atoms with Gasteiger partial charge in [0.1, 0.15) is 5.75 Å². The molecular formula is C20H32N4O2. The van der Waals surface area contributed by atoms with Gasteiger partial charge in [0.25, 0.3) is 0 Å². The van der Waals surface area contributed by atoms with Crippen LogP contribution in [0.1, 0.15) is 45.2 Å². The van der Waals surface area contributed by atoms with Crippen molar-refractivity contribution in [2.24, 2.45) is 16.8 Å². The molecule has 0 saturated heterocycles. The second kappa shape index (κ2) is 10.0. The second-order valence-corrected chi connectivity index (χ2v) is 7.20. The summed E-state index contributed by atoms with van der Waals surface area (Å²) in [5, 5.41) is 9.53. The minimum absolute atomic E-state index is 0.112. The quantitative estimate of drug-likeness (QED) is 0.359. The van der Waals surface area contributed by atoms with Crippen molar-refractivity contribution in [3.63, 3.8) is 0 Å². The molecule has 3 N–H and O–H groups in total. The molecule has 1 amide bonds. The number of nitrogens with zero attached hydrogens (tertiary/aromatic N) is 1. The highest BCUT2D eigenvalue weighted by molar-refractivity contribution is 5.81. The third-order valence-electron chi connectivity index (χ3n) is 4.21. The van der Waals surface area contributed by atoms with Crippen molar-refractivity contribution in [1.29, 1.82) is 0 Å². The molecular weight excluding hydrogens is 328 g/mol. The number of ether oxygens (including phenoxy) is 1. The van der Waals surface area contributed by atoms with Gasteiger partial charge >= 0.3 is 0 Å². The Labute approximate surface area is 156 Å². The van der Waals surface area contributed by atoms with Crippen molar-refractivity contribution in [1.82, 2.24) is 16.0 Å². The molecule has 0 aromatic heterocycles. The number of amides is 1. The molecule has 2 rings (SSSR count). The number of hydrogen-bond donors (Lipinski definition) is 3. The molecule has 1 aromatic rings. The van der Waals surface area contributed by atoms with Crippen LogP contribution in [0.15, 0.2) is 29.3 Å². The smallest absolute Gasteiger partial charge is 0.223 e. The minimum atomic E-state index is 0.112. The van der Waals surface area contributed by atoms with Crippen LogP contribution in [0.5, 0.6) is 5.75 Å². The zero-order valence-electron chi connectivity index (χ0n) is 16.3. The van der Waals surface area contributed by atoms with Crippen LogP contribution >= 0.6 is 0 Å². The lowest BCUT2D eigenvalue weighted by atomic mass is 10.1. The molecule has 26 heavy (non-hydrogen) atoms. The van der Waals surface area contributed by atoms with E-state index in [4.69, 9.17) is 4.74 Å². The Bertz CT molecular complexity index is 594. The van der Waals surface area contributed by atoms with E-state index in [2.05, 4.69) is 53.8 Å². The monoisotopic (exact) mass is 360 g/mol. The first-order valence-corrected chi connectivity index (χ1v) is 9.47. The molecule has 6 nitrogen and oxygen atoms in total. The Morgan fingerprint density at radius 1 is 1.15 bits per heavy atom. The molecule has 6 heteroatoms. The number of aliphatic imine (C=N–C) groups is 1.